The van der Waals surface area contributed by atoms with E-state index in [0.29, 0.717) is 5.69 Å². The molecule has 0 fully saturated rings. The molecule has 35 heavy (non-hydrogen) atoms. The van der Waals surface area contributed by atoms with Crippen LogP contribution in [0.15, 0.2) is 64.2 Å². The van der Waals surface area contributed by atoms with Crippen molar-refractivity contribution < 1.29 is 19.1 Å². The van der Waals surface area contributed by atoms with E-state index >= 15 is 0 Å². The lowest BCUT2D eigenvalue weighted by Crippen LogP contribution is -2.42. The highest BCUT2D eigenvalue weighted by Crippen LogP contribution is 2.18. The first-order valence-electron chi connectivity index (χ1n) is 10.5. The number of urea groups is 1. The number of esters is 1. The number of carbonyl (C=O) groups excluding carboxylic acids is 3. The molecule has 182 valence electrons. The van der Waals surface area contributed by atoms with Crippen molar-refractivity contribution in [2.45, 2.75) is 13.5 Å². The van der Waals surface area contributed by atoms with Crippen LogP contribution in [0.3, 0.4) is 0 Å². The summed E-state index contributed by atoms with van der Waals surface area (Å²) < 4.78 is 6.23. The van der Waals surface area contributed by atoms with E-state index in [1.165, 1.54) is 24.3 Å². The standard InChI is InChI=1S/C23H24N6O6/c1-2-28(17(30)13-35-21(32)15-8-10-16(11-9-15)26-22(25)33)18-19(24)29(23(34)27-20(18)31)12-14-6-4-3-5-7-14/h3-11H,2,12-13,24H2,1H3,(H3,25,26,33)(H,27,31,34). The van der Waals surface area contributed by atoms with Gasteiger partial charge in [0.1, 0.15) is 5.82 Å². The maximum Gasteiger partial charge on any atom is 0.338 e. The van der Waals surface area contributed by atoms with E-state index in [4.69, 9.17) is 16.2 Å². The third-order valence-corrected chi connectivity index (χ3v) is 5.00. The molecule has 0 aliphatic carbocycles. The second kappa shape index (κ2) is 10.8. The van der Waals surface area contributed by atoms with Crippen molar-refractivity contribution in [1.29, 1.82) is 0 Å². The number of hydrogen-bond donors (Lipinski definition) is 4. The number of amides is 3. The van der Waals surface area contributed by atoms with Crippen LogP contribution in [0.4, 0.5) is 22.0 Å². The fourth-order valence-electron chi connectivity index (χ4n) is 3.34. The monoisotopic (exact) mass is 480 g/mol. The van der Waals surface area contributed by atoms with Crippen LogP contribution >= 0.6 is 0 Å². The molecule has 12 nitrogen and oxygen atoms in total. The summed E-state index contributed by atoms with van der Waals surface area (Å²) in [7, 11) is 0. The Hall–Kier alpha value is -4.87. The van der Waals surface area contributed by atoms with Gasteiger partial charge in [-0.1, -0.05) is 30.3 Å². The first-order valence-corrected chi connectivity index (χ1v) is 10.5. The molecule has 0 aliphatic heterocycles. The average Bonchev–Trinajstić information content (AvgIpc) is 2.83. The summed E-state index contributed by atoms with van der Waals surface area (Å²) in [5.74, 6) is -1.70. The van der Waals surface area contributed by atoms with Crippen LogP contribution in [0.1, 0.15) is 22.8 Å². The molecular weight excluding hydrogens is 456 g/mol. The minimum Gasteiger partial charge on any atom is -0.452 e. The number of nitrogen functional groups attached to an aromatic ring is 1. The quantitative estimate of drug-likeness (QED) is 0.345. The largest absolute Gasteiger partial charge is 0.452 e. The van der Waals surface area contributed by atoms with Gasteiger partial charge in [0.05, 0.1) is 12.1 Å². The Kier molecular flexibility index (Phi) is 7.66. The lowest BCUT2D eigenvalue weighted by atomic mass is 10.2. The van der Waals surface area contributed by atoms with Crippen LogP contribution in [0.25, 0.3) is 0 Å². The van der Waals surface area contributed by atoms with Crippen molar-refractivity contribution in [1.82, 2.24) is 9.55 Å². The zero-order chi connectivity index (χ0) is 25.5. The smallest absolute Gasteiger partial charge is 0.338 e. The molecule has 1 aromatic heterocycles. The number of rotatable bonds is 8. The number of ether oxygens (including phenoxy) is 1. The van der Waals surface area contributed by atoms with Crippen molar-refractivity contribution in [2.24, 2.45) is 5.73 Å². The Bertz CT molecular complexity index is 1350. The number of nitrogens with zero attached hydrogens (tertiary/aromatic N) is 2. The fraction of sp³-hybridized carbons (Fsp3) is 0.174. The van der Waals surface area contributed by atoms with Crippen LogP contribution < -0.4 is 32.9 Å². The number of aromatic amines is 1. The molecule has 3 rings (SSSR count). The third kappa shape index (κ3) is 5.93. The van der Waals surface area contributed by atoms with Crippen LogP contribution in [0, 0.1) is 0 Å². The Morgan fingerprint density at radius 1 is 1.06 bits per heavy atom. The van der Waals surface area contributed by atoms with E-state index < -0.39 is 35.8 Å². The van der Waals surface area contributed by atoms with Crippen molar-refractivity contribution in [2.75, 3.05) is 29.1 Å². The molecule has 0 saturated carbocycles. The molecule has 0 spiro atoms. The van der Waals surface area contributed by atoms with E-state index in [2.05, 4.69) is 10.3 Å². The molecule has 6 N–H and O–H groups in total. The number of likely N-dealkylation sites (N-methyl/N-ethyl adjacent to an activating group) is 1. The molecule has 0 bridgehead atoms. The van der Waals surface area contributed by atoms with Crippen LogP contribution in [0.5, 0.6) is 0 Å². The molecule has 0 saturated heterocycles. The highest BCUT2D eigenvalue weighted by Gasteiger charge is 2.24. The van der Waals surface area contributed by atoms with Gasteiger partial charge in [0.25, 0.3) is 11.5 Å². The van der Waals surface area contributed by atoms with Crippen molar-refractivity contribution in [3.63, 3.8) is 0 Å². The molecule has 2 aromatic carbocycles. The maximum atomic E-state index is 12.8. The van der Waals surface area contributed by atoms with Gasteiger partial charge in [0.2, 0.25) is 0 Å². The zero-order valence-corrected chi connectivity index (χ0v) is 18.8. The number of nitrogens with one attached hydrogen (secondary N) is 2. The van der Waals surface area contributed by atoms with Gasteiger partial charge in [-0.3, -0.25) is 19.1 Å². The predicted octanol–water partition coefficient (Wildman–Crippen LogP) is 0.868. The number of H-pyrrole nitrogens is 1. The van der Waals surface area contributed by atoms with Crippen molar-refractivity contribution >= 4 is 35.1 Å². The highest BCUT2D eigenvalue weighted by atomic mass is 16.5. The second-order valence-corrected chi connectivity index (χ2v) is 7.35. The molecule has 1 heterocycles. The van der Waals surface area contributed by atoms with Gasteiger partial charge in [-0.25, -0.2) is 14.4 Å². The summed E-state index contributed by atoms with van der Waals surface area (Å²) in [6.45, 7) is 1.04. The fourth-order valence-corrected chi connectivity index (χ4v) is 3.34. The van der Waals surface area contributed by atoms with Gasteiger partial charge in [0, 0.05) is 12.2 Å². The highest BCUT2D eigenvalue weighted by molar-refractivity contribution is 5.98. The van der Waals surface area contributed by atoms with E-state index in [-0.39, 0.29) is 30.2 Å². The van der Waals surface area contributed by atoms with Gasteiger partial charge in [-0.2, -0.15) is 0 Å². The van der Waals surface area contributed by atoms with Crippen LogP contribution in [-0.4, -0.2) is 40.6 Å². The summed E-state index contributed by atoms with van der Waals surface area (Å²) in [4.78, 5) is 64.2. The van der Waals surface area contributed by atoms with Gasteiger partial charge in [-0.05, 0) is 36.8 Å². The van der Waals surface area contributed by atoms with Crippen LogP contribution in [0.2, 0.25) is 0 Å². The van der Waals surface area contributed by atoms with Gasteiger partial charge >= 0.3 is 17.7 Å². The molecule has 3 aromatic rings. The SMILES string of the molecule is CCN(C(=O)COC(=O)c1ccc(NC(N)=O)cc1)c1c(N)n(Cc2ccccc2)c(=O)[nH]c1=O. The Labute approximate surface area is 199 Å². The molecule has 0 unspecified atom stereocenters. The molecule has 0 aliphatic rings. The van der Waals surface area contributed by atoms with Crippen LogP contribution in [-0.2, 0) is 16.1 Å². The van der Waals surface area contributed by atoms with Gasteiger partial charge in [-0.15, -0.1) is 0 Å². The first kappa shape index (κ1) is 24.8. The zero-order valence-electron chi connectivity index (χ0n) is 18.8. The third-order valence-electron chi connectivity index (χ3n) is 5.00. The molecule has 12 heteroatoms. The second-order valence-electron chi connectivity index (χ2n) is 7.35. The Morgan fingerprint density at radius 3 is 2.31 bits per heavy atom. The number of hydrogen-bond acceptors (Lipinski definition) is 7. The van der Waals surface area contributed by atoms with E-state index in [1.807, 2.05) is 6.07 Å². The maximum absolute atomic E-state index is 12.8. The number of nitrogens with two attached hydrogens (primary N) is 2. The topological polar surface area (TPSA) is 183 Å². The predicted molar refractivity (Wildman–Crippen MR) is 129 cm³/mol. The van der Waals surface area contributed by atoms with E-state index in [9.17, 15) is 24.0 Å². The molecular formula is C23H24N6O6. The number of benzene rings is 2. The minimum absolute atomic E-state index is 0.0285. The van der Waals surface area contributed by atoms with Gasteiger partial charge < -0.3 is 26.4 Å². The number of aromatic nitrogens is 2. The number of anilines is 3. The summed E-state index contributed by atoms with van der Waals surface area (Å²) in [5, 5.41) is 2.35. The molecule has 0 atom stereocenters. The minimum atomic E-state index is -0.837. The lowest BCUT2D eigenvalue weighted by Gasteiger charge is -2.23. The summed E-state index contributed by atoms with van der Waals surface area (Å²) in [6.07, 6.45) is 0. The lowest BCUT2D eigenvalue weighted by molar-refractivity contribution is -0.121. The Morgan fingerprint density at radius 2 is 1.71 bits per heavy atom. The summed E-state index contributed by atoms with van der Waals surface area (Å²) in [5.41, 5.74) is 10.7. The Balaban J connectivity index is 1.77. The first-order chi connectivity index (χ1) is 16.7. The molecule has 0 radical (unpaired) electrons. The number of primary amides is 1. The summed E-state index contributed by atoms with van der Waals surface area (Å²) in [6, 6.07) is 13.9. The van der Waals surface area contributed by atoms with Crippen molar-refractivity contribution in [3.8, 4) is 0 Å². The van der Waals surface area contributed by atoms with Crippen molar-refractivity contribution in [3.05, 3.63) is 86.6 Å². The van der Waals surface area contributed by atoms with E-state index in [1.54, 1.807) is 31.2 Å². The average molecular weight is 480 g/mol. The normalized spacial score (nSPS) is 10.4. The van der Waals surface area contributed by atoms with Gasteiger partial charge in [0.15, 0.2) is 12.3 Å². The molecule has 3 amide bonds. The number of carbonyl (C=O) groups is 3. The summed E-state index contributed by atoms with van der Waals surface area (Å²) >= 11 is 0. The van der Waals surface area contributed by atoms with E-state index in [0.717, 1.165) is 15.0 Å².